The molecule has 1 aromatic heterocycles. The summed E-state index contributed by atoms with van der Waals surface area (Å²) >= 11 is 0. The van der Waals surface area contributed by atoms with Gasteiger partial charge in [0.1, 0.15) is 6.61 Å². The third-order valence-electron chi connectivity index (χ3n) is 2.62. The van der Waals surface area contributed by atoms with E-state index in [1.807, 2.05) is 24.3 Å². The average Bonchev–Trinajstić information content (AvgIpc) is 2.44. The number of benzene rings is 1. The quantitative estimate of drug-likeness (QED) is 0.805. The number of nitrogens with one attached hydrogen (secondary N) is 1. The first-order valence-corrected chi connectivity index (χ1v) is 6.00. The number of aromatic nitrogens is 1. The molecule has 100 valence electrons. The van der Waals surface area contributed by atoms with Crippen LogP contribution < -0.4 is 5.32 Å². The van der Waals surface area contributed by atoms with Crippen LogP contribution >= 0.6 is 0 Å². The number of nitrogens with zero attached hydrogens (tertiary/aromatic N) is 1. The van der Waals surface area contributed by atoms with Crippen LogP contribution in [0.5, 0.6) is 0 Å². The summed E-state index contributed by atoms with van der Waals surface area (Å²) < 4.78 is 10.0. The van der Waals surface area contributed by atoms with Crippen LogP contribution in [0.15, 0.2) is 36.7 Å². The molecule has 0 saturated carbocycles. The molecule has 2 rings (SSSR count). The molecule has 1 heterocycles. The standard InChI is InChI=1S/C14H16N2O3/c1-18-7-8-19-10-14(17)16-13-4-2-3-11-9-15-6-5-12(11)13/h2-6,9H,7-8,10H2,1H3,(H,16,17). The van der Waals surface area contributed by atoms with Crippen molar-refractivity contribution in [3.8, 4) is 0 Å². The fourth-order valence-electron chi connectivity index (χ4n) is 1.72. The van der Waals surface area contributed by atoms with E-state index in [0.717, 1.165) is 16.5 Å². The van der Waals surface area contributed by atoms with Gasteiger partial charge in [-0.25, -0.2) is 0 Å². The molecular weight excluding hydrogens is 244 g/mol. The molecule has 5 nitrogen and oxygen atoms in total. The number of carbonyl (C=O) groups is 1. The molecule has 1 N–H and O–H groups in total. The third-order valence-corrected chi connectivity index (χ3v) is 2.62. The number of carbonyl (C=O) groups excluding carboxylic acids is 1. The van der Waals surface area contributed by atoms with Crippen LogP contribution in [-0.2, 0) is 14.3 Å². The van der Waals surface area contributed by atoms with Crippen molar-refractivity contribution in [1.82, 2.24) is 4.98 Å². The molecular formula is C14H16N2O3. The summed E-state index contributed by atoms with van der Waals surface area (Å²) in [7, 11) is 1.59. The summed E-state index contributed by atoms with van der Waals surface area (Å²) in [5.74, 6) is -0.180. The lowest BCUT2D eigenvalue weighted by Crippen LogP contribution is -2.19. The molecule has 0 saturated heterocycles. The van der Waals surface area contributed by atoms with Crippen LogP contribution in [0.2, 0.25) is 0 Å². The summed E-state index contributed by atoms with van der Waals surface area (Å²) in [6, 6.07) is 7.56. The first-order chi connectivity index (χ1) is 9.31. The molecule has 0 radical (unpaired) electrons. The van der Waals surface area contributed by atoms with Crippen molar-refractivity contribution < 1.29 is 14.3 Å². The van der Waals surface area contributed by atoms with Crippen molar-refractivity contribution in [2.45, 2.75) is 0 Å². The van der Waals surface area contributed by atoms with Gasteiger partial charge in [0.15, 0.2) is 0 Å². The Kier molecular flexibility index (Phi) is 4.83. The fraction of sp³-hybridized carbons (Fsp3) is 0.286. The molecule has 0 unspecified atom stereocenters. The number of pyridine rings is 1. The number of fused-ring (bicyclic) bond motifs is 1. The Labute approximate surface area is 111 Å². The lowest BCUT2D eigenvalue weighted by atomic mass is 10.1. The number of hydrogen-bond donors (Lipinski definition) is 1. The van der Waals surface area contributed by atoms with Crippen LogP contribution in [0.3, 0.4) is 0 Å². The van der Waals surface area contributed by atoms with Gasteiger partial charge >= 0.3 is 0 Å². The highest BCUT2D eigenvalue weighted by Crippen LogP contribution is 2.21. The molecule has 0 spiro atoms. The van der Waals surface area contributed by atoms with Gasteiger partial charge in [0.2, 0.25) is 5.91 Å². The van der Waals surface area contributed by atoms with Gasteiger partial charge in [-0.3, -0.25) is 9.78 Å². The van der Waals surface area contributed by atoms with Crippen molar-refractivity contribution in [2.75, 3.05) is 32.2 Å². The van der Waals surface area contributed by atoms with E-state index in [1.54, 1.807) is 19.5 Å². The lowest BCUT2D eigenvalue weighted by molar-refractivity contribution is -0.121. The van der Waals surface area contributed by atoms with Gasteiger partial charge in [0.05, 0.1) is 13.2 Å². The van der Waals surface area contributed by atoms with E-state index < -0.39 is 0 Å². The van der Waals surface area contributed by atoms with Crippen LogP contribution in [0.25, 0.3) is 10.8 Å². The largest absolute Gasteiger partial charge is 0.382 e. The number of amides is 1. The molecule has 0 fully saturated rings. The highest BCUT2D eigenvalue weighted by molar-refractivity contribution is 6.02. The number of hydrogen-bond acceptors (Lipinski definition) is 4. The molecule has 1 amide bonds. The fourth-order valence-corrected chi connectivity index (χ4v) is 1.72. The molecule has 0 aliphatic rings. The Balaban J connectivity index is 1.99. The Morgan fingerprint density at radius 3 is 3.05 bits per heavy atom. The van der Waals surface area contributed by atoms with Gasteiger partial charge in [-0.05, 0) is 12.1 Å². The van der Waals surface area contributed by atoms with E-state index in [9.17, 15) is 4.79 Å². The minimum Gasteiger partial charge on any atom is -0.382 e. The van der Waals surface area contributed by atoms with E-state index in [2.05, 4.69) is 10.3 Å². The Bertz CT molecular complexity index is 552. The van der Waals surface area contributed by atoms with E-state index in [1.165, 1.54) is 0 Å². The monoisotopic (exact) mass is 260 g/mol. The van der Waals surface area contributed by atoms with Crippen molar-refractivity contribution >= 4 is 22.4 Å². The Morgan fingerprint density at radius 1 is 1.32 bits per heavy atom. The lowest BCUT2D eigenvalue weighted by Gasteiger charge is -2.08. The third kappa shape index (κ3) is 3.74. The summed E-state index contributed by atoms with van der Waals surface area (Å²) in [6.07, 6.45) is 3.47. The van der Waals surface area contributed by atoms with E-state index in [4.69, 9.17) is 9.47 Å². The zero-order valence-electron chi connectivity index (χ0n) is 10.8. The van der Waals surface area contributed by atoms with Gasteiger partial charge in [-0.2, -0.15) is 0 Å². The minimum absolute atomic E-state index is 0.0187. The summed E-state index contributed by atoms with van der Waals surface area (Å²) in [4.78, 5) is 15.8. The van der Waals surface area contributed by atoms with Gasteiger partial charge < -0.3 is 14.8 Å². The highest BCUT2D eigenvalue weighted by atomic mass is 16.5. The number of methoxy groups -OCH3 is 1. The van der Waals surface area contributed by atoms with Gasteiger partial charge in [-0.1, -0.05) is 12.1 Å². The van der Waals surface area contributed by atoms with Crippen molar-refractivity contribution in [2.24, 2.45) is 0 Å². The molecule has 1 aromatic carbocycles. The van der Waals surface area contributed by atoms with E-state index in [-0.39, 0.29) is 12.5 Å². The van der Waals surface area contributed by atoms with Crippen LogP contribution in [0, 0.1) is 0 Å². The van der Waals surface area contributed by atoms with Gasteiger partial charge in [0.25, 0.3) is 0 Å². The molecule has 19 heavy (non-hydrogen) atoms. The topological polar surface area (TPSA) is 60.5 Å². The summed E-state index contributed by atoms with van der Waals surface area (Å²) in [5, 5.41) is 4.78. The highest BCUT2D eigenvalue weighted by Gasteiger charge is 2.05. The maximum absolute atomic E-state index is 11.7. The first-order valence-electron chi connectivity index (χ1n) is 6.00. The first kappa shape index (κ1) is 13.5. The molecule has 2 aromatic rings. The average molecular weight is 260 g/mol. The summed E-state index contributed by atoms with van der Waals surface area (Å²) in [6.45, 7) is 0.904. The zero-order valence-corrected chi connectivity index (χ0v) is 10.8. The normalized spacial score (nSPS) is 10.6. The number of rotatable bonds is 6. The summed E-state index contributed by atoms with van der Waals surface area (Å²) in [5.41, 5.74) is 0.764. The van der Waals surface area contributed by atoms with Gasteiger partial charge in [-0.15, -0.1) is 0 Å². The van der Waals surface area contributed by atoms with Crippen molar-refractivity contribution in [1.29, 1.82) is 0 Å². The van der Waals surface area contributed by atoms with Crippen LogP contribution in [0.1, 0.15) is 0 Å². The number of ether oxygens (including phenoxy) is 2. The van der Waals surface area contributed by atoms with E-state index >= 15 is 0 Å². The molecule has 0 bridgehead atoms. The Morgan fingerprint density at radius 2 is 2.21 bits per heavy atom. The van der Waals surface area contributed by atoms with Crippen molar-refractivity contribution in [3.63, 3.8) is 0 Å². The molecule has 0 atom stereocenters. The smallest absolute Gasteiger partial charge is 0.250 e. The second kappa shape index (κ2) is 6.82. The maximum Gasteiger partial charge on any atom is 0.250 e. The SMILES string of the molecule is COCCOCC(=O)Nc1cccc2cnccc12. The number of anilines is 1. The predicted molar refractivity (Wildman–Crippen MR) is 73.1 cm³/mol. The molecule has 0 aliphatic carbocycles. The second-order valence-electron chi connectivity index (χ2n) is 4.00. The van der Waals surface area contributed by atoms with Crippen molar-refractivity contribution in [3.05, 3.63) is 36.7 Å². The second-order valence-corrected chi connectivity index (χ2v) is 4.00. The molecule has 5 heteroatoms. The molecule has 0 aliphatic heterocycles. The van der Waals surface area contributed by atoms with Crippen LogP contribution in [0.4, 0.5) is 5.69 Å². The van der Waals surface area contributed by atoms with Gasteiger partial charge in [0, 0.05) is 36.0 Å². The minimum atomic E-state index is -0.180. The van der Waals surface area contributed by atoms with Crippen LogP contribution in [-0.4, -0.2) is 37.8 Å². The zero-order chi connectivity index (χ0) is 13.5. The van der Waals surface area contributed by atoms with E-state index in [0.29, 0.717) is 13.2 Å². The maximum atomic E-state index is 11.7. The predicted octanol–water partition coefficient (Wildman–Crippen LogP) is 1.84. The Hall–Kier alpha value is -1.98.